The van der Waals surface area contributed by atoms with Crippen LogP contribution in [0.4, 0.5) is 15.8 Å². The number of nitro benzene ring substituents is 1. The minimum Gasteiger partial charge on any atom is -0.497 e. The van der Waals surface area contributed by atoms with Crippen LogP contribution < -0.4 is 19.5 Å². The number of nitrogens with one attached hydrogen (secondary N) is 1. The van der Waals surface area contributed by atoms with Gasteiger partial charge in [0, 0.05) is 18.2 Å². The van der Waals surface area contributed by atoms with Crippen LogP contribution in [-0.2, 0) is 4.79 Å². The second-order valence-corrected chi connectivity index (χ2v) is 5.77. The van der Waals surface area contributed by atoms with E-state index in [9.17, 15) is 19.3 Å². The Labute approximate surface area is 161 Å². The second kappa shape index (κ2) is 10.1. The van der Waals surface area contributed by atoms with E-state index in [-0.39, 0.29) is 5.75 Å². The smallest absolute Gasteiger partial charge is 0.305 e. The maximum absolute atomic E-state index is 13.6. The van der Waals surface area contributed by atoms with Crippen LogP contribution in [0.3, 0.4) is 0 Å². The minimum atomic E-state index is -1.04. The molecule has 0 bridgehead atoms. The van der Waals surface area contributed by atoms with E-state index >= 15 is 0 Å². The number of hydrogen-bond donors (Lipinski definition) is 1. The molecule has 0 unspecified atom stereocenters. The van der Waals surface area contributed by atoms with Crippen molar-refractivity contribution in [3.05, 3.63) is 52.3 Å². The fraction of sp³-hybridized carbons (Fsp3) is 0.316. The van der Waals surface area contributed by atoms with Crippen molar-refractivity contribution < 1.29 is 28.3 Å². The van der Waals surface area contributed by atoms with Crippen LogP contribution in [-0.4, -0.2) is 31.2 Å². The molecule has 8 nitrogen and oxygen atoms in total. The van der Waals surface area contributed by atoms with E-state index in [4.69, 9.17) is 14.2 Å². The third kappa shape index (κ3) is 5.83. The number of carbonyl (C=O) groups excluding carboxylic acids is 1. The van der Waals surface area contributed by atoms with Gasteiger partial charge in [0.25, 0.3) is 5.91 Å². The molecule has 0 radical (unpaired) electrons. The van der Waals surface area contributed by atoms with Gasteiger partial charge in [0.15, 0.2) is 6.61 Å². The predicted octanol–water partition coefficient (Wildman–Crippen LogP) is 3.94. The van der Waals surface area contributed by atoms with Gasteiger partial charge in [0.2, 0.25) is 5.82 Å². The van der Waals surface area contributed by atoms with Crippen molar-refractivity contribution in [1.82, 2.24) is 0 Å². The lowest BCUT2D eigenvalue weighted by atomic mass is 10.2. The normalized spacial score (nSPS) is 10.2. The number of ether oxygens (including phenoxy) is 3. The first-order valence-corrected chi connectivity index (χ1v) is 8.62. The van der Waals surface area contributed by atoms with E-state index < -0.39 is 28.9 Å². The maximum Gasteiger partial charge on any atom is 0.305 e. The number of halogens is 1. The summed E-state index contributed by atoms with van der Waals surface area (Å²) in [6.07, 6.45) is 1.84. The predicted molar refractivity (Wildman–Crippen MR) is 101 cm³/mol. The summed E-state index contributed by atoms with van der Waals surface area (Å²) in [6.45, 7) is 2.13. The molecule has 0 saturated carbocycles. The van der Waals surface area contributed by atoms with Crippen LogP contribution in [0.1, 0.15) is 19.8 Å². The molecule has 2 aromatic carbocycles. The molecule has 0 aliphatic rings. The van der Waals surface area contributed by atoms with Crippen LogP contribution in [0.25, 0.3) is 0 Å². The van der Waals surface area contributed by atoms with E-state index in [0.717, 1.165) is 25.0 Å². The van der Waals surface area contributed by atoms with E-state index in [1.165, 1.54) is 13.2 Å². The standard InChI is InChI=1S/C19H21FN2O6/c1-3-4-9-27-18-8-6-13(26-2)11-16(18)21-19(23)12-28-14-5-7-17(22(24)25)15(20)10-14/h5-8,10-11H,3-4,9,12H2,1-2H3,(H,21,23). The lowest BCUT2D eigenvalue weighted by Gasteiger charge is -2.14. The molecule has 0 heterocycles. The first-order chi connectivity index (χ1) is 13.4. The van der Waals surface area contributed by atoms with Crippen LogP contribution in [0.2, 0.25) is 0 Å². The van der Waals surface area contributed by atoms with E-state index in [1.807, 2.05) is 6.92 Å². The summed E-state index contributed by atoms with van der Waals surface area (Å²) < 4.78 is 29.6. The Kier molecular flexibility index (Phi) is 7.55. The summed E-state index contributed by atoms with van der Waals surface area (Å²) in [5.74, 6) is -0.515. The molecule has 0 atom stereocenters. The number of benzene rings is 2. The van der Waals surface area contributed by atoms with Gasteiger partial charge in [-0.3, -0.25) is 14.9 Å². The Morgan fingerprint density at radius 3 is 2.57 bits per heavy atom. The molecule has 0 fully saturated rings. The molecule has 0 saturated heterocycles. The molecule has 2 rings (SSSR count). The summed E-state index contributed by atoms with van der Waals surface area (Å²) in [5, 5.41) is 13.3. The lowest BCUT2D eigenvalue weighted by Crippen LogP contribution is -2.20. The fourth-order valence-corrected chi connectivity index (χ4v) is 2.25. The third-order valence-corrected chi connectivity index (χ3v) is 3.70. The molecule has 28 heavy (non-hydrogen) atoms. The highest BCUT2D eigenvalue weighted by atomic mass is 19.1. The molecule has 150 valence electrons. The van der Waals surface area contributed by atoms with Gasteiger partial charge in [0.1, 0.15) is 17.2 Å². The first-order valence-electron chi connectivity index (χ1n) is 8.62. The zero-order chi connectivity index (χ0) is 20.5. The quantitative estimate of drug-likeness (QED) is 0.373. The Morgan fingerprint density at radius 2 is 1.93 bits per heavy atom. The van der Waals surface area contributed by atoms with Crippen LogP contribution >= 0.6 is 0 Å². The highest BCUT2D eigenvalue weighted by molar-refractivity contribution is 5.93. The monoisotopic (exact) mass is 392 g/mol. The van der Waals surface area contributed by atoms with E-state index in [1.54, 1.807) is 18.2 Å². The number of anilines is 1. The zero-order valence-electron chi connectivity index (χ0n) is 15.6. The Balaban J connectivity index is 2.01. The number of unbranched alkanes of at least 4 members (excludes halogenated alkanes) is 1. The minimum absolute atomic E-state index is 0.00307. The Morgan fingerprint density at radius 1 is 1.18 bits per heavy atom. The molecule has 9 heteroatoms. The Hall–Kier alpha value is -3.36. The summed E-state index contributed by atoms with van der Waals surface area (Å²) >= 11 is 0. The van der Waals surface area contributed by atoms with Gasteiger partial charge in [0.05, 0.1) is 24.3 Å². The molecule has 0 aromatic heterocycles. The molecule has 0 aliphatic carbocycles. The van der Waals surface area contributed by atoms with Crippen molar-refractivity contribution in [3.63, 3.8) is 0 Å². The summed E-state index contributed by atoms with van der Waals surface area (Å²) in [7, 11) is 1.50. The Bertz CT molecular complexity index is 843. The highest BCUT2D eigenvalue weighted by Crippen LogP contribution is 2.29. The average molecular weight is 392 g/mol. The zero-order valence-corrected chi connectivity index (χ0v) is 15.6. The number of nitrogens with zero attached hydrogens (tertiary/aromatic N) is 1. The lowest BCUT2D eigenvalue weighted by molar-refractivity contribution is -0.387. The number of nitro groups is 1. The van der Waals surface area contributed by atoms with Gasteiger partial charge in [-0.15, -0.1) is 0 Å². The van der Waals surface area contributed by atoms with Crippen molar-refractivity contribution in [3.8, 4) is 17.2 Å². The number of methoxy groups -OCH3 is 1. The SMILES string of the molecule is CCCCOc1ccc(OC)cc1NC(=O)COc1ccc([N+](=O)[O-])c(F)c1. The second-order valence-electron chi connectivity index (χ2n) is 5.77. The maximum atomic E-state index is 13.6. The van der Waals surface area contributed by atoms with Gasteiger partial charge in [-0.1, -0.05) is 13.3 Å². The van der Waals surface area contributed by atoms with Crippen molar-refractivity contribution >= 4 is 17.3 Å². The largest absolute Gasteiger partial charge is 0.497 e. The number of rotatable bonds is 10. The molecule has 2 aromatic rings. The molecule has 1 amide bonds. The number of amides is 1. The van der Waals surface area contributed by atoms with Gasteiger partial charge in [-0.25, -0.2) is 0 Å². The highest BCUT2D eigenvalue weighted by Gasteiger charge is 2.15. The van der Waals surface area contributed by atoms with E-state index in [0.29, 0.717) is 23.8 Å². The molecule has 0 spiro atoms. The summed E-state index contributed by atoms with van der Waals surface area (Å²) in [6, 6.07) is 8.08. The molecular formula is C19H21FN2O6. The molecule has 0 aliphatic heterocycles. The van der Waals surface area contributed by atoms with Crippen molar-refractivity contribution in [1.29, 1.82) is 0 Å². The van der Waals surface area contributed by atoms with E-state index in [2.05, 4.69) is 5.32 Å². The van der Waals surface area contributed by atoms with Gasteiger partial charge in [-0.2, -0.15) is 4.39 Å². The third-order valence-electron chi connectivity index (χ3n) is 3.70. The van der Waals surface area contributed by atoms with Crippen LogP contribution in [0, 0.1) is 15.9 Å². The van der Waals surface area contributed by atoms with Crippen LogP contribution in [0.15, 0.2) is 36.4 Å². The summed E-state index contributed by atoms with van der Waals surface area (Å²) in [5.41, 5.74) is -0.249. The van der Waals surface area contributed by atoms with Gasteiger partial charge >= 0.3 is 5.69 Å². The molecule has 1 N–H and O–H groups in total. The molecular weight excluding hydrogens is 371 g/mol. The van der Waals surface area contributed by atoms with Gasteiger partial charge in [-0.05, 0) is 24.6 Å². The topological polar surface area (TPSA) is 99.9 Å². The number of hydrogen-bond acceptors (Lipinski definition) is 6. The first kappa shape index (κ1) is 20.9. The van der Waals surface area contributed by atoms with Crippen molar-refractivity contribution in [2.75, 3.05) is 25.6 Å². The van der Waals surface area contributed by atoms with Crippen molar-refractivity contribution in [2.24, 2.45) is 0 Å². The number of carbonyl (C=O) groups is 1. The van der Waals surface area contributed by atoms with Gasteiger partial charge < -0.3 is 19.5 Å². The van der Waals surface area contributed by atoms with Crippen molar-refractivity contribution in [2.45, 2.75) is 19.8 Å². The van der Waals surface area contributed by atoms with Crippen LogP contribution in [0.5, 0.6) is 17.2 Å². The summed E-state index contributed by atoms with van der Waals surface area (Å²) in [4.78, 5) is 22.0. The fourth-order valence-electron chi connectivity index (χ4n) is 2.25. The average Bonchev–Trinajstić information content (AvgIpc) is 2.67.